The van der Waals surface area contributed by atoms with Crippen molar-refractivity contribution in [3.8, 4) is 0 Å². The largest absolute Gasteiger partial charge is 0.452 e. The summed E-state index contributed by atoms with van der Waals surface area (Å²) in [5.74, 6) is 0.808. The normalized spacial score (nSPS) is 18.8. The minimum Gasteiger partial charge on any atom is -0.452 e. The van der Waals surface area contributed by atoms with Crippen LogP contribution in [0.5, 0.6) is 0 Å². The number of hydrogen-bond donors (Lipinski definition) is 2. The van der Waals surface area contributed by atoms with Gasteiger partial charge in [-0.2, -0.15) is 0 Å². The molecule has 1 saturated heterocycles. The summed E-state index contributed by atoms with van der Waals surface area (Å²) in [7, 11) is 0. The van der Waals surface area contributed by atoms with E-state index in [0.29, 0.717) is 23.1 Å². The van der Waals surface area contributed by atoms with E-state index in [4.69, 9.17) is 28.2 Å². The molecule has 5 nitrogen and oxygen atoms in total. The number of nitrogens with zero attached hydrogens (tertiary/aromatic N) is 2. The first-order chi connectivity index (χ1) is 14.2. The highest BCUT2D eigenvalue weighted by molar-refractivity contribution is 7.99. The predicted octanol–water partition coefficient (Wildman–Crippen LogP) is 4.83. The molecule has 2 N–H and O–H groups in total. The summed E-state index contributed by atoms with van der Waals surface area (Å²) in [4.78, 5) is 7.63. The van der Waals surface area contributed by atoms with E-state index in [-0.39, 0.29) is 18.7 Å². The molecule has 0 aliphatic carbocycles. The van der Waals surface area contributed by atoms with Gasteiger partial charge in [0.15, 0.2) is 10.2 Å². The topological polar surface area (TPSA) is 61.5 Å². The van der Waals surface area contributed by atoms with Crippen molar-refractivity contribution in [2.45, 2.75) is 28.5 Å². The van der Waals surface area contributed by atoms with Gasteiger partial charge in [-0.25, -0.2) is 0 Å². The van der Waals surface area contributed by atoms with Crippen molar-refractivity contribution < 1.29 is 9.52 Å². The Labute approximate surface area is 184 Å². The molecule has 29 heavy (non-hydrogen) atoms. The van der Waals surface area contributed by atoms with Gasteiger partial charge in [-0.1, -0.05) is 29.4 Å². The molecule has 4 rings (SSSR count). The molecule has 0 saturated carbocycles. The summed E-state index contributed by atoms with van der Waals surface area (Å²) >= 11 is 13.1. The summed E-state index contributed by atoms with van der Waals surface area (Å²) in [6.07, 6.45) is 2.40. The van der Waals surface area contributed by atoms with Gasteiger partial charge in [-0.3, -0.25) is 4.98 Å². The summed E-state index contributed by atoms with van der Waals surface area (Å²) < 4.78 is 6.21. The monoisotopic (exact) mass is 445 g/mol. The van der Waals surface area contributed by atoms with Crippen molar-refractivity contribution in [1.29, 1.82) is 0 Å². The first-order valence-electron chi connectivity index (χ1n) is 9.28. The fourth-order valence-corrected chi connectivity index (χ4v) is 4.60. The number of nitrogens with one attached hydrogen (secondary N) is 1. The fraction of sp³-hybridized carbons (Fsp3) is 0.238. The molecule has 3 aromatic rings. The molecule has 8 heteroatoms. The zero-order valence-corrected chi connectivity index (χ0v) is 17.9. The Morgan fingerprint density at radius 2 is 2.00 bits per heavy atom. The Bertz CT molecular complexity index is 966. The molecule has 1 aliphatic heterocycles. The van der Waals surface area contributed by atoms with Crippen LogP contribution in [0.15, 0.2) is 75.2 Å². The summed E-state index contributed by atoms with van der Waals surface area (Å²) in [6, 6.07) is 17.2. The number of aromatic nitrogens is 1. The molecule has 2 aromatic heterocycles. The van der Waals surface area contributed by atoms with E-state index in [0.717, 1.165) is 21.4 Å². The molecular weight excluding hydrogens is 426 g/mol. The third-order valence-electron chi connectivity index (χ3n) is 4.68. The maximum Gasteiger partial charge on any atom is 0.170 e. The number of pyridine rings is 1. The zero-order chi connectivity index (χ0) is 20.2. The molecule has 3 heterocycles. The van der Waals surface area contributed by atoms with E-state index < -0.39 is 0 Å². The number of aliphatic hydroxyl groups is 1. The Morgan fingerprint density at radius 1 is 1.17 bits per heavy atom. The van der Waals surface area contributed by atoms with Crippen molar-refractivity contribution in [2.24, 2.45) is 0 Å². The van der Waals surface area contributed by atoms with Crippen molar-refractivity contribution in [3.63, 3.8) is 0 Å². The van der Waals surface area contributed by atoms with Gasteiger partial charge < -0.3 is 19.7 Å². The quantitative estimate of drug-likeness (QED) is 0.505. The van der Waals surface area contributed by atoms with E-state index in [1.54, 1.807) is 18.0 Å². The van der Waals surface area contributed by atoms with Crippen molar-refractivity contribution in [1.82, 2.24) is 15.2 Å². The van der Waals surface area contributed by atoms with E-state index in [1.165, 1.54) is 0 Å². The van der Waals surface area contributed by atoms with E-state index in [1.807, 2.05) is 54.6 Å². The molecular formula is C21H20ClN3O2S2. The summed E-state index contributed by atoms with van der Waals surface area (Å²) in [5.41, 5.74) is 0.898. The van der Waals surface area contributed by atoms with Crippen LogP contribution in [0, 0.1) is 0 Å². The van der Waals surface area contributed by atoms with Gasteiger partial charge in [0, 0.05) is 29.3 Å². The Balaban J connectivity index is 1.62. The number of hydrogen-bond acceptors (Lipinski definition) is 5. The van der Waals surface area contributed by atoms with Crippen molar-refractivity contribution in [2.75, 3.05) is 13.2 Å². The first-order valence-corrected chi connectivity index (χ1v) is 10.9. The Morgan fingerprint density at radius 3 is 2.72 bits per heavy atom. The number of thiocarbonyl (C=S) groups is 1. The molecule has 1 aromatic carbocycles. The van der Waals surface area contributed by atoms with Gasteiger partial charge in [-0.15, -0.1) is 0 Å². The highest BCUT2D eigenvalue weighted by atomic mass is 35.5. The SMILES string of the molecule is OCCCN1C(=S)N[C@H](c2ccccn2)[C@H]1c1ccc(Sc2ccc(Cl)cc2)o1. The average molecular weight is 446 g/mol. The van der Waals surface area contributed by atoms with Gasteiger partial charge in [0.05, 0.1) is 11.7 Å². The van der Waals surface area contributed by atoms with Crippen LogP contribution in [-0.4, -0.2) is 33.3 Å². The summed E-state index contributed by atoms with van der Waals surface area (Å²) in [5, 5.41) is 14.8. The predicted molar refractivity (Wildman–Crippen MR) is 118 cm³/mol. The zero-order valence-electron chi connectivity index (χ0n) is 15.5. The number of rotatable bonds is 7. The van der Waals surface area contributed by atoms with Crippen LogP contribution in [0.1, 0.15) is 30.0 Å². The third kappa shape index (κ3) is 4.59. The lowest BCUT2D eigenvalue weighted by Crippen LogP contribution is -2.30. The maximum absolute atomic E-state index is 9.30. The first kappa shape index (κ1) is 20.2. The van der Waals surface area contributed by atoms with E-state index in [2.05, 4.69) is 15.2 Å². The summed E-state index contributed by atoms with van der Waals surface area (Å²) in [6.45, 7) is 0.743. The standard InChI is InChI=1S/C21H20ClN3O2S2/c22-14-5-7-15(8-6-14)29-18-10-9-17(27-18)20-19(16-4-1-2-11-23-16)24-21(28)25(20)12-3-13-26/h1-2,4-11,19-20,26H,3,12-13H2,(H,24,28)/t19-,20-/m1/s1. The van der Waals surface area contributed by atoms with Gasteiger partial charge >= 0.3 is 0 Å². The van der Waals surface area contributed by atoms with Crippen LogP contribution in [0.25, 0.3) is 0 Å². The second-order valence-electron chi connectivity index (χ2n) is 6.61. The number of benzene rings is 1. The van der Waals surface area contributed by atoms with E-state index in [9.17, 15) is 5.11 Å². The van der Waals surface area contributed by atoms with Crippen LogP contribution in [0.4, 0.5) is 0 Å². The van der Waals surface area contributed by atoms with Crippen LogP contribution in [-0.2, 0) is 0 Å². The lowest BCUT2D eigenvalue weighted by molar-refractivity contribution is 0.226. The number of aliphatic hydroxyl groups excluding tert-OH is 1. The fourth-order valence-electron chi connectivity index (χ4n) is 3.36. The molecule has 0 unspecified atom stereocenters. The molecule has 150 valence electrons. The molecule has 0 radical (unpaired) electrons. The number of furan rings is 1. The van der Waals surface area contributed by atoms with Gasteiger partial charge in [0.25, 0.3) is 0 Å². The highest BCUT2D eigenvalue weighted by Crippen LogP contribution is 2.41. The van der Waals surface area contributed by atoms with Crippen LogP contribution >= 0.6 is 35.6 Å². The molecule has 2 atom stereocenters. The maximum atomic E-state index is 9.30. The van der Waals surface area contributed by atoms with Crippen LogP contribution < -0.4 is 5.32 Å². The lowest BCUT2D eigenvalue weighted by Gasteiger charge is -2.25. The molecule has 0 amide bonds. The second-order valence-corrected chi connectivity index (χ2v) is 8.51. The third-order valence-corrected chi connectivity index (χ3v) is 6.21. The number of halogens is 1. The second kappa shape index (κ2) is 9.17. The molecule has 0 bridgehead atoms. The van der Waals surface area contributed by atoms with Crippen molar-refractivity contribution >= 4 is 40.7 Å². The molecule has 1 aliphatic rings. The van der Waals surface area contributed by atoms with Gasteiger partial charge in [-0.05, 0) is 67.2 Å². The Kier molecular flexibility index (Phi) is 6.40. The lowest BCUT2D eigenvalue weighted by atomic mass is 10.0. The highest BCUT2D eigenvalue weighted by Gasteiger charge is 2.41. The minimum atomic E-state index is -0.136. The average Bonchev–Trinajstić information content (AvgIpc) is 3.32. The van der Waals surface area contributed by atoms with Crippen LogP contribution in [0.2, 0.25) is 5.02 Å². The van der Waals surface area contributed by atoms with Crippen molar-refractivity contribution in [3.05, 3.63) is 77.3 Å². The minimum absolute atomic E-state index is 0.107. The Hall–Kier alpha value is -2.06. The van der Waals surface area contributed by atoms with E-state index >= 15 is 0 Å². The van der Waals surface area contributed by atoms with Crippen LogP contribution in [0.3, 0.4) is 0 Å². The molecule has 0 spiro atoms. The van der Waals surface area contributed by atoms with Gasteiger partial charge in [0.1, 0.15) is 11.8 Å². The smallest absolute Gasteiger partial charge is 0.170 e. The molecule has 1 fully saturated rings. The van der Waals surface area contributed by atoms with Gasteiger partial charge in [0.2, 0.25) is 0 Å².